The van der Waals surface area contributed by atoms with Crippen molar-refractivity contribution in [3.8, 4) is 22.6 Å². The monoisotopic (exact) mass is 436 g/mol. The van der Waals surface area contributed by atoms with E-state index in [4.69, 9.17) is 17.0 Å². The van der Waals surface area contributed by atoms with Gasteiger partial charge in [-0.15, -0.1) is 0 Å². The fourth-order valence-electron chi connectivity index (χ4n) is 4.43. The first kappa shape index (κ1) is 19.2. The van der Waals surface area contributed by atoms with Gasteiger partial charge < -0.3 is 4.74 Å². The highest BCUT2D eigenvalue weighted by atomic mass is 32.1. The highest BCUT2D eigenvalue weighted by Crippen LogP contribution is 2.55. The molecule has 5 nitrogen and oxygen atoms in total. The first-order valence-corrected chi connectivity index (χ1v) is 10.8. The van der Waals surface area contributed by atoms with Crippen molar-refractivity contribution in [1.29, 1.82) is 0 Å². The molecule has 0 N–H and O–H groups in total. The Bertz CT molecular complexity index is 1350. The fraction of sp³-hybridized carbons (Fsp3) is 0.261. The van der Waals surface area contributed by atoms with E-state index in [1.807, 2.05) is 26.0 Å². The number of aryl methyl sites for hydroxylation is 1. The normalized spacial score (nSPS) is 16.0. The number of nitrogens with zero attached hydrogens (tertiary/aromatic N) is 2. The summed E-state index contributed by atoms with van der Waals surface area (Å²) in [6.07, 6.45) is 0. The molecule has 0 bridgehead atoms. The Hall–Kier alpha value is -2.77. The van der Waals surface area contributed by atoms with Gasteiger partial charge in [-0.25, -0.2) is 0 Å². The van der Waals surface area contributed by atoms with E-state index >= 15 is 0 Å². The van der Waals surface area contributed by atoms with E-state index in [9.17, 15) is 9.59 Å². The summed E-state index contributed by atoms with van der Waals surface area (Å²) in [5.74, 6) is -0.467. The lowest BCUT2D eigenvalue weighted by molar-refractivity contribution is -0.115. The second-order valence-electron chi connectivity index (χ2n) is 8.21. The Balaban J connectivity index is 1.90. The molecule has 3 aromatic rings. The van der Waals surface area contributed by atoms with Gasteiger partial charge in [0.25, 0.3) is 11.7 Å². The first-order chi connectivity index (χ1) is 14.2. The van der Waals surface area contributed by atoms with Crippen LogP contribution in [0.2, 0.25) is 0 Å². The molecule has 0 spiro atoms. The van der Waals surface area contributed by atoms with E-state index in [2.05, 4.69) is 29.9 Å². The van der Waals surface area contributed by atoms with Gasteiger partial charge in [0.2, 0.25) is 0 Å². The van der Waals surface area contributed by atoms with Gasteiger partial charge in [-0.05, 0) is 57.0 Å². The predicted octanol–water partition coefficient (Wildman–Crippen LogP) is 5.34. The van der Waals surface area contributed by atoms with Gasteiger partial charge in [0.15, 0.2) is 0 Å². The van der Waals surface area contributed by atoms with Gasteiger partial charge in [0, 0.05) is 11.1 Å². The molecule has 0 unspecified atom stereocenters. The zero-order valence-corrected chi connectivity index (χ0v) is 19.0. The number of aromatic nitrogens is 1. The maximum Gasteiger partial charge on any atom is 0.300 e. The van der Waals surface area contributed by atoms with Gasteiger partial charge in [-0.1, -0.05) is 35.9 Å². The van der Waals surface area contributed by atoms with E-state index in [0.717, 1.165) is 27.3 Å². The molecular formula is C23H20N2O3S2. The van der Waals surface area contributed by atoms with E-state index in [1.165, 1.54) is 17.1 Å². The van der Waals surface area contributed by atoms with Crippen LogP contribution in [-0.2, 0) is 10.3 Å². The highest BCUT2D eigenvalue weighted by molar-refractivity contribution is 7.71. The second kappa shape index (κ2) is 6.12. The number of Topliss-reactive ketones (excluding diaryl/α,β-unsaturated/α-hetero) is 1. The zero-order chi connectivity index (χ0) is 21.5. The quantitative estimate of drug-likeness (QED) is 0.402. The Morgan fingerprint density at radius 3 is 2.50 bits per heavy atom. The summed E-state index contributed by atoms with van der Waals surface area (Å²) >= 11 is 7.49. The average molecular weight is 437 g/mol. The number of carbonyl (C=O) groups is 2. The van der Waals surface area contributed by atoms with Crippen molar-refractivity contribution in [3.63, 3.8) is 0 Å². The molecule has 0 radical (unpaired) electrons. The van der Waals surface area contributed by atoms with E-state index < -0.39 is 17.2 Å². The summed E-state index contributed by atoms with van der Waals surface area (Å²) in [6, 6.07) is 9.69. The molecule has 1 amide bonds. The fourth-order valence-corrected chi connectivity index (χ4v) is 6.18. The Labute approximate surface area is 183 Å². The zero-order valence-electron chi connectivity index (χ0n) is 17.3. The number of amides is 1. The number of rotatable bonds is 2. The van der Waals surface area contributed by atoms with Crippen LogP contribution in [0.15, 0.2) is 30.3 Å². The molecule has 7 heteroatoms. The minimum atomic E-state index is -0.698. The third kappa shape index (κ3) is 2.24. The molecule has 0 saturated heterocycles. The van der Waals surface area contributed by atoms with Crippen molar-refractivity contribution in [2.75, 3.05) is 12.0 Å². The number of ketones is 1. The van der Waals surface area contributed by atoms with Crippen LogP contribution >= 0.6 is 23.8 Å². The third-order valence-corrected chi connectivity index (χ3v) is 8.12. The maximum absolute atomic E-state index is 13.0. The molecule has 3 heterocycles. The lowest BCUT2D eigenvalue weighted by Gasteiger charge is -2.39. The van der Waals surface area contributed by atoms with Crippen LogP contribution in [0.1, 0.15) is 40.2 Å². The van der Waals surface area contributed by atoms with Crippen LogP contribution in [-0.4, -0.2) is 22.8 Å². The van der Waals surface area contributed by atoms with Crippen LogP contribution in [0.3, 0.4) is 0 Å². The van der Waals surface area contributed by atoms with Gasteiger partial charge in [-0.2, -0.15) is 0 Å². The van der Waals surface area contributed by atoms with Crippen LogP contribution in [0, 0.1) is 18.5 Å². The van der Waals surface area contributed by atoms with Crippen molar-refractivity contribution in [3.05, 3.63) is 56.5 Å². The van der Waals surface area contributed by atoms with E-state index in [-0.39, 0.29) is 0 Å². The van der Waals surface area contributed by atoms with Crippen LogP contribution < -0.4 is 9.64 Å². The molecule has 0 atom stereocenters. The van der Waals surface area contributed by atoms with Crippen molar-refractivity contribution in [2.24, 2.45) is 0 Å². The molecule has 0 fully saturated rings. The standard InChI is InChI=1S/C23H20N2O3S2/c1-11-7-6-8-16(12(11)2)25-22(29)17-14-9-13(28-5)10-15-18(14)24(21(27)19(15)26)23(3,4)20(17)30-25/h6-10H,1-5H3. The number of anilines is 1. The smallest absolute Gasteiger partial charge is 0.300 e. The number of methoxy groups -OCH3 is 1. The summed E-state index contributed by atoms with van der Waals surface area (Å²) in [5, 5.41) is 0. The summed E-state index contributed by atoms with van der Waals surface area (Å²) in [5.41, 5.74) is 5.38. The minimum absolute atomic E-state index is 0.381. The molecule has 5 rings (SSSR count). The summed E-state index contributed by atoms with van der Waals surface area (Å²) in [4.78, 5) is 28.3. The largest absolute Gasteiger partial charge is 0.497 e. The Kier molecular flexibility index (Phi) is 3.92. The summed E-state index contributed by atoms with van der Waals surface area (Å²) in [6.45, 7) is 8.11. The predicted molar refractivity (Wildman–Crippen MR) is 121 cm³/mol. The average Bonchev–Trinajstić information content (AvgIpc) is 3.19. The topological polar surface area (TPSA) is 51.5 Å². The maximum atomic E-state index is 13.0. The minimum Gasteiger partial charge on any atom is -0.497 e. The molecule has 0 aliphatic carbocycles. The van der Waals surface area contributed by atoms with Gasteiger partial charge in [0.05, 0.1) is 34.5 Å². The molecule has 2 aliphatic heterocycles. The lowest BCUT2D eigenvalue weighted by atomic mass is 9.87. The molecule has 1 aromatic heterocycles. The number of carbonyl (C=O) groups excluding carboxylic acids is 2. The number of hydrogen-bond donors (Lipinski definition) is 0. The van der Waals surface area contributed by atoms with E-state index in [1.54, 1.807) is 18.1 Å². The van der Waals surface area contributed by atoms with Gasteiger partial charge >= 0.3 is 0 Å². The number of benzene rings is 2. The Morgan fingerprint density at radius 2 is 1.80 bits per heavy atom. The molecule has 2 aliphatic rings. The van der Waals surface area contributed by atoms with Crippen molar-refractivity contribution in [2.45, 2.75) is 33.2 Å². The Morgan fingerprint density at radius 1 is 1.10 bits per heavy atom. The van der Waals surface area contributed by atoms with Crippen LogP contribution in [0.4, 0.5) is 5.69 Å². The van der Waals surface area contributed by atoms with E-state index in [0.29, 0.717) is 21.6 Å². The number of ether oxygens (including phenoxy) is 1. The first-order valence-electron chi connectivity index (χ1n) is 9.63. The van der Waals surface area contributed by atoms with Gasteiger partial charge in [-0.3, -0.25) is 18.4 Å². The van der Waals surface area contributed by atoms with Crippen molar-refractivity contribution in [1.82, 2.24) is 3.96 Å². The SMILES string of the molecule is COc1cc2c3c(c1)-c1c(sn(-c4cccc(C)c4C)c1=S)C(C)(C)N3C(=O)C2=O. The van der Waals surface area contributed by atoms with Crippen molar-refractivity contribution < 1.29 is 14.3 Å². The molecule has 30 heavy (non-hydrogen) atoms. The molecular weight excluding hydrogens is 416 g/mol. The van der Waals surface area contributed by atoms with Gasteiger partial charge in [0.1, 0.15) is 10.4 Å². The molecule has 152 valence electrons. The lowest BCUT2D eigenvalue weighted by Crippen LogP contribution is -2.46. The summed E-state index contributed by atoms with van der Waals surface area (Å²) in [7, 11) is 1.56. The van der Waals surface area contributed by atoms with Crippen LogP contribution in [0.25, 0.3) is 16.8 Å². The number of fused-ring (bicyclic) bond motifs is 2. The van der Waals surface area contributed by atoms with Crippen molar-refractivity contribution >= 4 is 41.1 Å². The molecule has 2 aromatic carbocycles. The third-order valence-electron chi connectivity index (χ3n) is 6.17. The highest BCUT2D eigenvalue weighted by Gasteiger charge is 2.51. The summed E-state index contributed by atoms with van der Waals surface area (Å²) < 4.78 is 8.18. The van der Waals surface area contributed by atoms with Crippen LogP contribution in [0.5, 0.6) is 5.75 Å². The number of hydrogen-bond acceptors (Lipinski definition) is 5. The molecule has 0 saturated carbocycles. The second-order valence-corrected chi connectivity index (χ2v) is 9.56.